The smallest absolute Gasteiger partial charge is 0.128 e. The van der Waals surface area contributed by atoms with E-state index < -0.39 is 0 Å². The van der Waals surface area contributed by atoms with Gasteiger partial charge in [-0.05, 0) is 17.7 Å². The summed E-state index contributed by atoms with van der Waals surface area (Å²) >= 11 is 6.26. The number of fused-ring (bicyclic) bond motifs is 1. The van der Waals surface area contributed by atoms with Gasteiger partial charge in [-0.25, -0.2) is 4.98 Å². The summed E-state index contributed by atoms with van der Waals surface area (Å²) in [6, 6.07) is 20.0. The lowest BCUT2D eigenvalue weighted by Crippen LogP contribution is -2.01. The summed E-state index contributed by atoms with van der Waals surface area (Å²) in [4.78, 5) is 4.56. The quantitative estimate of drug-likeness (QED) is 0.756. The molecule has 0 fully saturated rings. The van der Waals surface area contributed by atoms with E-state index in [0.717, 1.165) is 28.3 Å². The lowest BCUT2D eigenvalue weighted by molar-refractivity contribution is 1.12. The van der Waals surface area contributed by atoms with Crippen LogP contribution in [0.5, 0.6) is 0 Å². The molecule has 1 aromatic heterocycles. The van der Waals surface area contributed by atoms with Crippen LogP contribution < -0.4 is 5.32 Å². The Bertz CT molecular complexity index is 695. The second kappa shape index (κ2) is 5.29. The molecule has 0 radical (unpaired) electrons. The Kier molecular flexibility index (Phi) is 3.34. The van der Waals surface area contributed by atoms with Gasteiger partial charge in [0.2, 0.25) is 0 Å². The predicted molar refractivity (Wildman–Crippen MR) is 80.5 cm³/mol. The van der Waals surface area contributed by atoms with Crippen molar-refractivity contribution in [2.75, 3.05) is 5.32 Å². The molecule has 3 heteroatoms. The van der Waals surface area contributed by atoms with Crippen molar-refractivity contribution in [1.29, 1.82) is 0 Å². The molecule has 0 spiro atoms. The van der Waals surface area contributed by atoms with E-state index >= 15 is 0 Å². The molecule has 0 saturated carbocycles. The van der Waals surface area contributed by atoms with E-state index in [1.807, 2.05) is 48.5 Å². The Hall–Kier alpha value is -2.06. The standard InChI is InChI=1S/C16H13ClN2/c17-14-10-16(18-11-12-6-2-1-3-7-12)19-15-9-5-4-8-13(14)15/h1-10H,11H2,(H,18,19). The van der Waals surface area contributed by atoms with Crippen LogP contribution in [0.4, 0.5) is 5.82 Å². The van der Waals surface area contributed by atoms with Gasteiger partial charge in [0, 0.05) is 11.9 Å². The Morgan fingerprint density at radius 3 is 2.53 bits per heavy atom. The molecular weight excluding hydrogens is 256 g/mol. The highest BCUT2D eigenvalue weighted by molar-refractivity contribution is 6.35. The largest absolute Gasteiger partial charge is 0.366 e. The fourth-order valence-corrected chi connectivity index (χ4v) is 2.28. The van der Waals surface area contributed by atoms with Crippen LogP contribution in [0.2, 0.25) is 5.02 Å². The number of nitrogens with one attached hydrogen (secondary N) is 1. The van der Waals surface area contributed by atoms with Gasteiger partial charge < -0.3 is 5.32 Å². The second-order valence-electron chi connectivity index (χ2n) is 4.35. The average Bonchev–Trinajstić information content (AvgIpc) is 2.46. The number of halogens is 1. The molecule has 0 unspecified atom stereocenters. The Morgan fingerprint density at radius 2 is 1.68 bits per heavy atom. The zero-order chi connectivity index (χ0) is 13.1. The van der Waals surface area contributed by atoms with Gasteiger partial charge in [-0.1, -0.05) is 60.1 Å². The molecule has 0 aliphatic rings. The number of benzene rings is 2. The SMILES string of the molecule is Clc1cc(NCc2ccccc2)nc2ccccc12. The maximum absolute atomic E-state index is 6.26. The summed E-state index contributed by atoms with van der Waals surface area (Å²) in [5.74, 6) is 0.799. The normalized spacial score (nSPS) is 10.6. The lowest BCUT2D eigenvalue weighted by Gasteiger charge is -2.08. The summed E-state index contributed by atoms with van der Waals surface area (Å²) in [5, 5.41) is 5.00. The van der Waals surface area contributed by atoms with Crippen molar-refractivity contribution >= 4 is 28.3 Å². The van der Waals surface area contributed by atoms with E-state index in [2.05, 4.69) is 22.4 Å². The van der Waals surface area contributed by atoms with Crippen molar-refractivity contribution in [3.63, 3.8) is 0 Å². The predicted octanol–water partition coefficient (Wildman–Crippen LogP) is 4.50. The Balaban J connectivity index is 1.85. The minimum Gasteiger partial charge on any atom is -0.366 e. The van der Waals surface area contributed by atoms with Crippen molar-refractivity contribution in [2.24, 2.45) is 0 Å². The zero-order valence-electron chi connectivity index (χ0n) is 10.3. The molecule has 94 valence electrons. The minimum atomic E-state index is 0.723. The van der Waals surface area contributed by atoms with Crippen molar-refractivity contribution < 1.29 is 0 Å². The van der Waals surface area contributed by atoms with E-state index in [1.165, 1.54) is 5.56 Å². The second-order valence-corrected chi connectivity index (χ2v) is 4.75. The Labute approximate surface area is 117 Å². The maximum atomic E-state index is 6.26. The van der Waals surface area contributed by atoms with E-state index in [0.29, 0.717) is 0 Å². The number of hydrogen-bond donors (Lipinski definition) is 1. The molecule has 0 aliphatic heterocycles. The molecule has 0 atom stereocenters. The minimum absolute atomic E-state index is 0.723. The molecule has 0 amide bonds. The Morgan fingerprint density at radius 1 is 0.947 bits per heavy atom. The topological polar surface area (TPSA) is 24.9 Å². The number of hydrogen-bond acceptors (Lipinski definition) is 2. The first-order chi connectivity index (χ1) is 9.33. The van der Waals surface area contributed by atoms with E-state index in [4.69, 9.17) is 11.6 Å². The number of nitrogens with zero attached hydrogens (tertiary/aromatic N) is 1. The van der Waals surface area contributed by atoms with Crippen LogP contribution in [-0.2, 0) is 6.54 Å². The zero-order valence-corrected chi connectivity index (χ0v) is 11.1. The fraction of sp³-hybridized carbons (Fsp3) is 0.0625. The van der Waals surface area contributed by atoms with Gasteiger partial charge in [-0.2, -0.15) is 0 Å². The number of rotatable bonds is 3. The molecule has 19 heavy (non-hydrogen) atoms. The molecule has 1 heterocycles. The first-order valence-electron chi connectivity index (χ1n) is 6.16. The lowest BCUT2D eigenvalue weighted by atomic mass is 10.2. The van der Waals surface area contributed by atoms with Crippen molar-refractivity contribution in [3.8, 4) is 0 Å². The first kappa shape index (κ1) is 12.0. The highest BCUT2D eigenvalue weighted by Crippen LogP contribution is 2.24. The molecule has 0 saturated heterocycles. The molecule has 3 aromatic rings. The first-order valence-corrected chi connectivity index (χ1v) is 6.54. The number of pyridine rings is 1. The summed E-state index contributed by atoms with van der Waals surface area (Å²) < 4.78 is 0. The van der Waals surface area contributed by atoms with E-state index in [1.54, 1.807) is 0 Å². The summed E-state index contributed by atoms with van der Waals surface area (Å²) in [7, 11) is 0. The van der Waals surface area contributed by atoms with E-state index in [-0.39, 0.29) is 0 Å². The van der Waals surface area contributed by atoms with Gasteiger partial charge in [0.05, 0.1) is 10.5 Å². The third kappa shape index (κ3) is 2.69. The third-order valence-corrected chi connectivity index (χ3v) is 3.29. The summed E-state index contributed by atoms with van der Waals surface area (Å²) in [5.41, 5.74) is 2.12. The van der Waals surface area contributed by atoms with Crippen molar-refractivity contribution in [1.82, 2.24) is 4.98 Å². The van der Waals surface area contributed by atoms with Crippen LogP contribution in [0, 0.1) is 0 Å². The van der Waals surface area contributed by atoms with Gasteiger partial charge in [-0.15, -0.1) is 0 Å². The van der Waals surface area contributed by atoms with Gasteiger partial charge in [0.25, 0.3) is 0 Å². The summed E-state index contributed by atoms with van der Waals surface area (Å²) in [6.45, 7) is 0.739. The van der Waals surface area contributed by atoms with Crippen LogP contribution in [-0.4, -0.2) is 4.98 Å². The van der Waals surface area contributed by atoms with Crippen LogP contribution >= 0.6 is 11.6 Å². The van der Waals surface area contributed by atoms with Crippen LogP contribution in [0.3, 0.4) is 0 Å². The summed E-state index contributed by atoms with van der Waals surface area (Å²) in [6.07, 6.45) is 0. The van der Waals surface area contributed by atoms with Crippen LogP contribution in [0.15, 0.2) is 60.7 Å². The molecule has 0 aliphatic carbocycles. The third-order valence-electron chi connectivity index (χ3n) is 2.98. The average molecular weight is 269 g/mol. The molecule has 0 bridgehead atoms. The maximum Gasteiger partial charge on any atom is 0.128 e. The number of anilines is 1. The van der Waals surface area contributed by atoms with Crippen molar-refractivity contribution in [3.05, 3.63) is 71.2 Å². The number of aromatic nitrogens is 1. The van der Waals surface area contributed by atoms with Crippen LogP contribution in [0.1, 0.15) is 5.56 Å². The van der Waals surface area contributed by atoms with Gasteiger partial charge in [0.1, 0.15) is 5.82 Å². The molecule has 2 aromatic carbocycles. The van der Waals surface area contributed by atoms with Crippen LogP contribution in [0.25, 0.3) is 10.9 Å². The monoisotopic (exact) mass is 268 g/mol. The fourth-order valence-electron chi connectivity index (χ4n) is 2.01. The van der Waals surface area contributed by atoms with E-state index in [9.17, 15) is 0 Å². The van der Waals surface area contributed by atoms with Gasteiger partial charge >= 0.3 is 0 Å². The molecule has 3 rings (SSSR count). The highest BCUT2D eigenvalue weighted by Gasteiger charge is 2.03. The molecular formula is C16H13ClN2. The van der Waals surface area contributed by atoms with Gasteiger partial charge in [0.15, 0.2) is 0 Å². The van der Waals surface area contributed by atoms with Crippen molar-refractivity contribution in [2.45, 2.75) is 6.54 Å². The molecule has 2 nitrogen and oxygen atoms in total. The molecule has 1 N–H and O–H groups in total. The van der Waals surface area contributed by atoms with Gasteiger partial charge in [-0.3, -0.25) is 0 Å². The number of para-hydroxylation sites is 1. The highest BCUT2D eigenvalue weighted by atomic mass is 35.5.